The summed E-state index contributed by atoms with van der Waals surface area (Å²) in [6.45, 7) is 24.7. The Labute approximate surface area is 254 Å². The minimum atomic E-state index is -0.889. The van der Waals surface area contributed by atoms with E-state index in [0.29, 0.717) is 17.2 Å². The standard InChI is InChI=1S/3C11H16O.2ClH.Ta/c3*1-8-6-5-7-9(10(8)12)11(2,3)4;;;/h3*5-7,12H,1-4H3;2*1H;/q;;;;;+2/p-2. The van der Waals surface area contributed by atoms with Crippen LogP contribution in [0.1, 0.15) is 95.7 Å². The second-order valence-corrected chi connectivity index (χ2v) is 17.4. The average Bonchev–Trinajstić information content (AvgIpc) is 2.78. The number of halogens is 2. The molecule has 217 valence electrons. The molecule has 0 heterocycles. The van der Waals surface area contributed by atoms with Crippen LogP contribution in [0.2, 0.25) is 0 Å². The van der Waals surface area contributed by atoms with Crippen LogP contribution in [0.5, 0.6) is 17.2 Å². The van der Waals surface area contributed by atoms with E-state index in [0.717, 1.165) is 33.4 Å². The van der Waals surface area contributed by atoms with Crippen LogP contribution < -0.4 is 0 Å². The molecular weight excluding hydrogens is 696 g/mol. The summed E-state index contributed by atoms with van der Waals surface area (Å²) in [5, 5.41) is 29.2. The number of para-hydroxylation sites is 3. The van der Waals surface area contributed by atoms with Gasteiger partial charge in [-0.3, -0.25) is 0 Å². The number of aryl methyl sites for hydroxylation is 3. The second-order valence-electron chi connectivity index (χ2n) is 12.7. The summed E-state index contributed by atoms with van der Waals surface area (Å²) < 4.78 is 0. The Hall–Kier alpha value is -1.62. The number of hydrogen-bond donors (Lipinski definition) is 3. The van der Waals surface area contributed by atoms with Gasteiger partial charge in [0.15, 0.2) is 0 Å². The van der Waals surface area contributed by atoms with Gasteiger partial charge in [0.25, 0.3) is 0 Å². The van der Waals surface area contributed by atoms with E-state index in [4.69, 9.17) is 18.4 Å². The van der Waals surface area contributed by atoms with Gasteiger partial charge in [0.2, 0.25) is 0 Å². The van der Waals surface area contributed by atoms with Crippen molar-refractivity contribution in [2.75, 3.05) is 0 Å². The third-order valence-electron chi connectivity index (χ3n) is 6.14. The first-order valence-corrected chi connectivity index (χ1v) is 21.0. The van der Waals surface area contributed by atoms with E-state index in [1.807, 2.05) is 75.4 Å². The van der Waals surface area contributed by atoms with Crippen molar-refractivity contribution in [2.45, 2.75) is 99.3 Å². The summed E-state index contributed by atoms with van der Waals surface area (Å²) in [4.78, 5) is 0. The van der Waals surface area contributed by atoms with Crippen LogP contribution in [0, 0.1) is 20.8 Å². The molecule has 3 aromatic rings. The SMILES string of the molecule is Cc1cccc(C(C)(C)C)c1O.Cc1cccc(C(C)(C)C)c1O.Cc1cccc(C(C)(C)C)c1O.[Cl][Ta][Cl]. The summed E-state index contributed by atoms with van der Waals surface area (Å²) in [6.07, 6.45) is 0. The molecular formula is C33H48Cl2O3Ta. The number of phenols is 3. The van der Waals surface area contributed by atoms with E-state index >= 15 is 0 Å². The van der Waals surface area contributed by atoms with Crippen molar-refractivity contribution in [2.24, 2.45) is 0 Å². The molecule has 0 unspecified atom stereocenters. The Kier molecular flexibility index (Phi) is 15.3. The zero-order valence-corrected chi connectivity index (χ0v) is 30.5. The van der Waals surface area contributed by atoms with Crippen molar-refractivity contribution < 1.29 is 32.9 Å². The van der Waals surface area contributed by atoms with E-state index in [2.05, 4.69) is 62.3 Å². The van der Waals surface area contributed by atoms with Crippen molar-refractivity contribution in [3.05, 3.63) is 88.0 Å². The van der Waals surface area contributed by atoms with Gasteiger partial charge in [-0.2, -0.15) is 0 Å². The monoisotopic (exact) mass is 743 g/mol. The van der Waals surface area contributed by atoms with Crippen LogP contribution in [0.4, 0.5) is 0 Å². The molecule has 0 fully saturated rings. The molecule has 0 amide bonds. The quantitative estimate of drug-likeness (QED) is 0.215. The summed E-state index contributed by atoms with van der Waals surface area (Å²) in [5.74, 6) is 1.31. The van der Waals surface area contributed by atoms with Crippen molar-refractivity contribution in [1.82, 2.24) is 0 Å². The van der Waals surface area contributed by atoms with E-state index in [-0.39, 0.29) is 16.2 Å². The number of aromatic hydroxyl groups is 3. The molecule has 39 heavy (non-hydrogen) atoms. The average molecular weight is 745 g/mol. The van der Waals surface area contributed by atoms with Gasteiger partial charge in [0, 0.05) is 0 Å². The maximum atomic E-state index is 9.73. The number of rotatable bonds is 0. The molecule has 0 saturated heterocycles. The molecule has 3 aromatic carbocycles. The van der Waals surface area contributed by atoms with Gasteiger partial charge in [0.1, 0.15) is 17.2 Å². The van der Waals surface area contributed by atoms with Crippen molar-refractivity contribution in [3.8, 4) is 17.2 Å². The van der Waals surface area contributed by atoms with E-state index in [9.17, 15) is 15.3 Å². The van der Waals surface area contributed by atoms with Crippen LogP contribution in [0.25, 0.3) is 0 Å². The van der Waals surface area contributed by atoms with Crippen LogP contribution in [-0.4, -0.2) is 15.3 Å². The molecule has 3 N–H and O–H groups in total. The van der Waals surface area contributed by atoms with Crippen molar-refractivity contribution >= 4 is 18.4 Å². The topological polar surface area (TPSA) is 60.7 Å². The summed E-state index contributed by atoms with van der Waals surface area (Å²) in [7, 11) is 9.89. The minimum absolute atomic E-state index is 0.0239. The molecule has 0 aliphatic carbocycles. The molecule has 0 atom stereocenters. The number of phenolic OH excluding ortho intramolecular Hbond substituents is 3. The van der Waals surface area contributed by atoms with E-state index in [1.165, 1.54) is 0 Å². The summed E-state index contributed by atoms with van der Waals surface area (Å²) in [6, 6.07) is 17.6. The summed E-state index contributed by atoms with van der Waals surface area (Å²) >= 11 is -0.889. The van der Waals surface area contributed by atoms with Crippen molar-refractivity contribution in [3.63, 3.8) is 0 Å². The van der Waals surface area contributed by atoms with Gasteiger partial charge in [-0.25, -0.2) is 0 Å². The first kappa shape index (κ1) is 37.4. The third-order valence-corrected chi connectivity index (χ3v) is 6.14. The molecule has 3 rings (SSSR count). The Bertz CT molecular complexity index is 1020. The van der Waals surface area contributed by atoms with Crippen molar-refractivity contribution in [1.29, 1.82) is 0 Å². The van der Waals surface area contributed by atoms with Gasteiger partial charge >= 0.3 is 36.0 Å². The van der Waals surface area contributed by atoms with Gasteiger partial charge < -0.3 is 15.3 Å². The first-order chi connectivity index (χ1) is 17.7. The number of benzene rings is 3. The van der Waals surface area contributed by atoms with Gasteiger partial charge in [0.05, 0.1) is 0 Å². The van der Waals surface area contributed by atoms with Gasteiger partial charge in [-0.1, -0.05) is 117 Å². The van der Waals surface area contributed by atoms with Crippen LogP contribution >= 0.6 is 18.4 Å². The molecule has 0 bridgehead atoms. The molecule has 0 saturated carbocycles. The van der Waals surface area contributed by atoms with E-state index in [1.54, 1.807) is 0 Å². The fraction of sp³-hybridized carbons (Fsp3) is 0.455. The van der Waals surface area contributed by atoms with Crippen LogP contribution in [-0.2, 0) is 33.8 Å². The molecule has 0 radical (unpaired) electrons. The number of hydrogen-bond acceptors (Lipinski definition) is 3. The molecule has 0 aromatic heterocycles. The Morgan fingerprint density at radius 2 is 0.641 bits per heavy atom. The maximum absolute atomic E-state index is 9.73. The fourth-order valence-corrected chi connectivity index (χ4v) is 3.79. The van der Waals surface area contributed by atoms with Gasteiger partial charge in [-0.15, -0.1) is 0 Å². The Morgan fingerprint density at radius 1 is 0.462 bits per heavy atom. The third kappa shape index (κ3) is 12.6. The predicted octanol–water partition coefficient (Wildman–Crippen LogP) is 10.4. The van der Waals surface area contributed by atoms with Crippen LogP contribution in [0.15, 0.2) is 54.6 Å². The Morgan fingerprint density at radius 3 is 0.769 bits per heavy atom. The zero-order chi connectivity index (χ0) is 30.8. The van der Waals surface area contributed by atoms with E-state index < -0.39 is 17.6 Å². The Balaban J connectivity index is 0.000000528. The summed E-state index contributed by atoms with van der Waals surface area (Å²) in [5.41, 5.74) is 5.96. The molecule has 6 heteroatoms. The molecule has 3 nitrogen and oxygen atoms in total. The molecule has 0 aliphatic rings. The first-order valence-electron chi connectivity index (χ1n) is 13.0. The fourth-order valence-electron chi connectivity index (χ4n) is 3.79. The van der Waals surface area contributed by atoms with Crippen LogP contribution in [0.3, 0.4) is 0 Å². The normalized spacial score (nSPS) is 11.1. The zero-order valence-electron chi connectivity index (χ0n) is 25.7. The second kappa shape index (κ2) is 16.0. The molecule has 0 spiro atoms. The molecule has 0 aliphatic heterocycles. The predicted molar refractivity (Wildman–Crippen MR) is 166 cm³/mol. The van der Waals surface area contributed by atoms with Gasteiger partial charge in [-0.05, 0) is 70.4 Å².